The highest BCUT2D eigenvalue weighted by Crippen LogP contribution is 1.79. The van der Waals surface area contributed by atoms with E-state index in [1.807, 2.05) is 6.08 Å². The van der Waals surface area contributed by atoms with Crippen LogP contribution in [0, 0.1) is 5.41 Å². The zero-order chi connectivity index (χ0) is 4.41. The summed E-state index contributed by atoms with van der Waals surface area (Å²) >= 11 is 0. The summed E-state index contributed by atoms with van der Waals surface area (Å²) in [7, 11) is 0. The molecule has 2 N–H and O–H groups in total. The molecule has 0 radical (unpaired) electrons. The van der Waals surface area contributed by atoms with Crippen LogP contribution in [0.25, 0.3) is 0 Å². The fraction of sp³-hybridized carbons (Fsp3) is 0.250. The molecule has 0 aromatic rings. The normalized spacial score (nSPS) is 18.3. The number of nitrogens with one attached hydrogen (secondary N) is 2. The number of rotatable bonds is 0. The molecule has 0 amide bonds. The second kappa shape index (κ2) is 1.12. The first-order valence-corrected chi connectivity index (χ1v) is 1.88. The predicted octanol–water partition coefficient (Wildman–Crippen LogP) is 0.123. The van der Waals surface area contributed by atoms with Crippen LogP contribution in [0.1, 0.15) is 0 Å². The topological polar surface area (TPSA) is 35.9 Å². The Morgan fingerprint density at radius 1 is 1.83 bits per heavy atom. The van der Waals surface area contributed by atoms with E-state index in [4.69, 9.17) is 5.41 Å². The lowest BCUT2D eigenvalue weighted by Gasteiger charge is -1.85. The molecule has 2 heteroatoms. The van der Waals surface area contributed by atoms with Crippen LogP contribution in [0.4, 0.5) is 0 Å². The van der Waals surface area contributed by atoms with E-state index in [2.05, 4.69) is 5.32 Å². The summed E-state index contributed by atoms with van der Waals surface area (Å²) in [5.41, 5.74) is 0. The number of hydrogen-bond acceptors (Lipinski definition) is 1. The summed E-state index contributed by atoms with van der Waals surface area (Å²) in [6.07, 6.45) is 3.67. The van der Waals surface area contributed by atoms with E-state index in [9.17, 15) is 0 Å². The molecule has 0 saturated heterocycles. The highest BCUT2D eigenvalue weighted by atomic mass is 14.9. The Labute approximate surface area is 36.4 Å². The summed E-state index contributed by atoms with van der Waals surface area (Å²) in [4.78, 5) is 0. The second-order valence-corrected chi connectivity index (χ2v) is 1.20. The SMILES string of the molecule is N=C1C=CCN1. The van der Waals surface area contributed by atoms with Gasteiger partial charge in [-0.05, 0) is 6.08 Å². The molecule has 0 spiro atoms. The van der Waals surface area contributed by atoms with E-state index in [0.717, 1.165) is 6.54 Å². The Kier molecular flexibility index (Phi) is 0.638. The molecule has 1 rings (SSSR count). The maximum absolute atomic E-state index is 6.85. The van der Waals surface area contributed by atoms with Crippen molar-refractivity contribution in [1.82, 2.24) is 5.32 Å². The Balaban J connectivity index is 2.59. The summed E-state index contributed by atoms with van der Waals surface area (Å²) in [5, 5.41) is 9.64. The Morgan fingerprint density at radius 3 is 2.83 bits per heavy atom. The highest BCUT2D eigenvalue weighted by Gasteiger charge is 1.90. The molecular formula is C4H6N2. The maximum atomic E-state index is 6.85. The van der Waals surface area contributed by atoms with E-state index in [-0.39, 0.29) is 0 Å². The van der Waals surface area contributed by atoms with E-state index >= 15 is 0 Å². The first kappa shape index (κ1) is 3.40. The van der Waals surface area contributed by atoms with Crippen LogP contribution in [-0.2, 0) is 0 Å². The smallest absolute Gasteiger partial charge is 0.117 e. The molecule has 0 aromatic heterocycles. The molecule has 0 fully saturated rings. The molecule has 1 aliphatic rings. The predicted molar refractivity (Wildman–Crippen MR) is 24.9 cm³/mol. The van der Waals surface area contributed by atoms with E-state index in [1.165, 1.54) is 0 Å². The van der Waals surface area contributed by atoms with Gasteiger partial charge in [0.05, 0.1) is 0 Å². The van der Waals surface area contributed by atoms with Gasteiger partial charge in [0, 0.05) is 6.54 Å². The summed E-state index contributed by atoms with van der Waals surface area (Å²) < 4.78 is 0. The zero-order valence-electron chi connectivity index (χ0n) is 3.36. The Bertz CT molecular complexity index is 93.7. The summed E-state index contributed by atoms with van der Waals surface area (Å²) in [6, 6.07) is 0. The van der Waals surface area contributed by atoms with Crippen LogP contribution in [0.2, 0.25) is 0 Å². The molecule has 0 saturated carbocycles. The van der Waals surface area contributed by atoms with E-state index in [0.29, 0.717) is 5.84 Å². The van der Waals surface area contributed by atoms with Gasteiger partial charge >= 0.3 is 0 Å². The average molecular weight is 82.1 g/mol. The Morgan fingerprint density at radius 2 is 2.67 bits per heavy atom. The number of amidine groups is 1. The zero-order valence-corrected chi connectivity index (χ0v) is 3.36. The van der Waals surface area contributed by atoms with Crippen molar-refractivity contribution in [2.24, 2.45) is 0 Å². The summed E-state index contributed by atoms with van der Waals surface area (Å²) in [6.45, 7) is 0.832. The fourth-order valence-electron chi connectivity index (χ4n) is 0.405. The first-order valence-electron chi connectivity index (χ1n) is 1.88. The van der Waals surface area contributed by atoms with Crippen LogP contribution in [-0.4, -0.2) is 12.4 Å². The van der Waals surface area contributed by atoms with Crippen LogP contribution >= 0.6 is 0 Å². The van der Waals surface area contributed by atoms with Crippen molar-refractivity contribution in [2.45, 2.75) is 0 Å². The quantitative estimate of drug-likeness (QED) is 0.428. The van der Waals surface area contributed by atoms with Crippen molar-refractivity contribution in [3.63, 3.8) is 0 Å². The van der Waals surface area contributed by atoms with Crippen LogP contribution < -0.4 is 5.32 Å². The third-order valence-electron chi connectivity index (χ3n) is 0.695. The average Bonchev–Trinajstić information content (AvgIpc) is 1.86. The van der Waals surface area contributed by atoms with Crippen molar-refractivity contribution >= 4 is 5.84 Å². The van der Waals surface area contributed by atoms with E-state index < -0.39 is 0 Å². The molecule has 2 nitrogen and oxygen atoms in total. The second-order valence-electron chi connectivity index (χ2n) is 1.20. The van der Waals surface area contributed by atoms with Gasteiger partial charge in [0.25, 0.3) is 0 Å². The van der Waals surface area contributed by atoms with Gasteiger partial charge in [-0.15, -0.1) is 0 Å². The molecular weight excluding hydrogens is 76.1 g/mol. The molecule has 0 atom stereocenters. The van der Waals surface area contributed by atoms with Crippen LogP contribution in [0.5, 0.6) is 0 Å². The monoisotopic (exact) mass is 82.1 g/mol. The van der Waals surface area contributed by atoms with Crippen molar-refractivity contribution < 1.29 is 0 Å². The third kappa shape index (κ3) is 0.407. The van der Waals surface area contributed by atoms with Crippen molar-refractivity contribution in [3.8, 4) is 0 Å². The van der Waals surface area contributed by atoms with Crippen molar-refractivity contribution in [2.75, 3.05) is 6.54 Å². The van der Waals surface area contributed by atoms with Gasteiger partial charge in [0.15, 0.2) is 0 Å². The lowest BCUT2D eigenvalue weighted by atomic mass is 10.6. The Hall–Kier alpha value is -0.790. The van der Waals surface area contributed by atoms with Gasteiger partial charge in [0.1, 0.15) is 5.84 Å². The van der Waals surface area contributed by atoms with Crippen LogP contribution in [0.3, 0.4) is 0 Å². The minimum Gasteiger partial charge on any atom is -0.367 e. The van der Waals surface area contributed by atoms with Gasteiger partial charge in [-0.2, -0.15) is 0 Å². The van der Waals surface area contributed by atoms with Gasteiger partial charge in [-0.1, -0.05) is 6.08 Å². The molecule has 0 unspecified atom stereocenters. The highest BCUT2D eigenvalue weighted by molar-refractivity contribution is 5.92. The minimum absolute atomic E-state index is 0.523. The molecule has 0 aliphatic carbocycles. The lowest BCUT2D eigenvalue weighted by Crippen LogP contribution is -2.12. The largest absolute Gasteiger partial charge is 0.367 e. The standard InChI is InChI=1S/C4H6N2/c5-4-2-1-3-6-4/h1-2H,3H2,(H2,5,6). The molecule has 32 valence electrons. The molecule has 6 heavy (non-hydrogen) atoms. The lowest BCUT2D eigenvalue weighted by molar-refractivity contribution is 1.07. The third-order valence-corrected chi connectivity index (χ3v) is 0.695. The van der Waals surface area contributed by atoms with Crippen molar-refractivity contribution in [1.29, 1.82) is 5.41 Å². The first-order chi connectivity index (χ1) is 2.89. The van der Waals surface area contributed by atoms with Gasteiger partial charge < -0.3 is 5.32 Å². The molecule has 0 aromatic carbocycles. The minimum atomic E-state index is 0.523. The van der Waals surface area contributed by atoms with Gasteiger partial charge in [-0.3, -0.25) is 5.41 Å². The van der Waals surface area contributed by atoms with Crippen molar-refractivity contribution in [3.05, 3.63) is 12.2 Å². The van der Waals surface area contributed by atoms with Gasteiger partial charge in [-0.25, -0.2) is 0 Å². The maximum Gasteiger partial charge on any atom is 0.117 e. The van der Waals surface area contributed by atoms with Crippen LogP contribution in [0.15, 0.2) is 12.2 Å². The van der Waals surface area contributed by atoms with Gasteiger partial charge in [0.2, 0.25) is 0 Å². The summed E-state index contributed by atoms with van der Waals surface area (Å²) in [5.74, 6) is 0.523. The molecule has 0 bridgehead atoms. The molecule has 1 aliphatic heterocycles. The number of hydrogen-bond donors (Lipinski definition) is 2. The van der Waals surface area contributed by atoms with E-state index in [1.54, 1.807) is 6.08 Å². The molecule has 1 heterocycles. The fourth-order valence-corrected chi connectivity index (χ4v) is 0.405.